The predicted octanol–water partition coefficient (Wildman–Crippen LogP) is 11.4. The van der Waals surface area contributed by atoms with Gasteiger partial charge in [0, 0.05) is 0 Å². The Bertz CT molecular complexity index is 622. The van der Waals surface area contributed by atoms with Gasteiger partial charge in [-0.05, 0) is 0 Å². The van der Waals surface area contributed by atoms with Gasteiger partial charge in [0.1, 0.15) is 0 Å². The summed E-state index contributed by atoms with van der Waals surface area (Å²) in [5, 5.41) is 0. The fraction of sp³-hybridized carbons (Fsp3) is 0.788. The monoisotopic (exact) mass is 519 g/mol. The van der Waals surface area contributed by atoms with Crippen molar-refractivity contribution in [2.45, 2.75) is 149 Å². The molecule has 0 aliphatic heterocycles. The molecule has 0 aliphatic rings. The second kappa shape index (κ2) is 20.1. The summed E-state index contributed by atoms with van der Waals surface area (Å²) in [7, 11) is 0. The Morgan fingerprint density at radius 1 is 0.639 bits per heavy atom. The second-order valence-electron chi connectivity index (χ2n) is 11.4. The molecule has 36 heavy (non-hydrogen) atoms. The van der Waals surface area contributed by atoms with E-state index >= 15 is 0 Å². The Morgan fingerprint density at radius 2 is 1.00 bits per heavy atom. The molecule has 0 aromatic carbocycles. The summed E-state index contributed by atoms with van der Waals surface area (Å²) in [4.78, 5) is 14.5. The topological polar surface area (TPSA) is 22.0 Å². The van der Waals surface area contributed by atoms with Crippen LogP contribution in [0.2, 0.25) is 0 Å². The Balaban J connectivity index is 3.22. The van der Waals surface area contributed by atoms with Crippen molar-refractivity contribution < 1.29 is 4.79 Å². The van der Waals surface area contributed by atoms with Crippen molar-refractivity contribution in [3.8, 4) is 0 Å². The molecular formula is C33H62NOP. The molecule has 0 radical (unpaired) electrons. The van der Waals surface area contributed by atoms with E-state index in [0.717, 1.165) is 24.9 Å². The third-order valence-electron chi connectivity index (χ3n) is 8.52. The van der Waals surface area contributed by atoms with Gasteiger partial charge in [-0.3, -0.25) is 0 Å². The summed E-state index contributed by atoms with van der Waals surface area (Å²) >= 11 is 0. The van der Waals surface area contributed by atoms with Crippen molar-refractivity contribution in [1.82, 2.24) is 4.34 Å². The molecule has 2 nitrogen and oxygen atoms in total. The zero-order valence-electron chi connectivity index (χ0n) is 24.7. The van der Waals surface area contributed by atoms with Crippen molar-refractivity contribution >= 4 is 12.3 Å². The van der Waals surface area contributed by atoms with Gasteiger partial charge < -0.3 is 0 Å². The van der Waals surface area contributed by atoms with Gasteiger partial charge >= 0.3 is 226 Å². The Kier molecular flexibility index (Phi) is 18.5. The normalized spacial score (nSPS) is 12.9. The van der Waals surface area contributed by atoms with Gasteiger partial charge in [-0.2, -0.15) is 0 Å². The summed E-state index contributed by atoms with van der Waals surface area (Å²) in [5.41, 5.74) is 0.604. The first-order valence-electron chi connectivity index (χ1n) is 15.9. The second-order valence-corrected chi connectivity index (χ2v) is 17.1. The van der Waals surface area contributed by atoms with Crippen molar-refractivity contribution in [2.75, 3.05) is 18.5 Å². The van der Waals surface area contributed by atoms with Crippen molar-refractivity contribution in [2.24, 2.45) is 0 Å². The quantitative estimate of drug-likeness (QED) is 0.0677. The molecule has 3 heteroatoms. The van der Waals surface area contributed by atoms with E-state index in [1.165, 1.54) is 116 Å². The van der Waals surface area contributed by atoms with Crippen LogP contribution < -0.4 is 0 Å². The van der Waals surface area contributed by atoms with Gasteiger partial charge in [0.15, 0.2) is 0 Å². The van der Waals surface area contributed by atoms with Crippen LogP contribution in [0.5, 0.6) is 0 Å². The maximum absolute atomic E-state index is 14.5. The minimum atomic E-state index is -2.80. The van der Waals surface area contributed by atoms with Gasteiger partial charge in [-0.15, -0.1) is 0 Å². The fourth-order valence-electron chi connectivity index (χ4n) is 6.17. The summed E-state index contributed by atoms with van der Waals surface area (Å²) in [5.74, 6) is 0. The number of hydrogen-bond donors (Lipinski definition) is 0. The van der Waals surface area contributed by atoms with Crippen LogP contribution in [0.3, 0.4) is 0 Å². The molecular weight excluding hydrogens is 457 g/mol. The number of allylic oxidation sites excluding steroid dienone is 1. The van der Waals surface area contributed by atoms with Crippen molar-refractivity contribution in [3.05, 3.63) is 37.2 Å². The molecule has 0 bridgehead atoms. The predicted molar refractivity (Wildman–Crippen MR) is 166 cm³/mol. The minimum absolute atomic E-state index is 0.604. The van der Waals surface area contributed by atoms with Crippen LogP contribution in [0.15, 0.2) is 37.2 Å². The molecule has 0 atom stereocenters. The molecule has 0 unspecified atom stereocenters. The molecule has 0 saturated carbocycles. The first-order chi connectivity index (χ1) is 17.6. The first-order valence-corrected chi connectivity index (χ1v) is 18.6. The van der Waals surface area contributed by atoms with Crippen molar-refractivity contribution in [3.63, 3.8) is 0 Å². The van der Waals surface area contributed by atoms with Gasteiger partial charge in [0.05, 0.1) is 0 Å². The SMILES string of the molecule is C=CCCC(=O)P(CCCCCCCC)(CCCCCCCC)(CCCCCCCC)n1cccc1. The summed E-state index contributed by atoms with van der Waals surface area (Å²) in [6.45, 7) is 8.04. The molecule has 210 valence electrons. The van der Waals surface area contributed by atoms with Gasteiger partial charge in [-0.1, -0.05) is 0 Å². The number of rotatable bonds is 26. The van der Waals surface area contributed by atoms with E-state index in [-0.39, 0.29) is 0 Å². The van der Waals surface area contributed by atoms with E-state index in [9.17, 15) is 4.79 Å². The van der Waals surface area contributed by atoms with Crippen LogP contribution >= 0.6 is 6.75 Å². The zero-order chi connectivity index (χ0) is 26.4. The fourth-order valence-corrected chi connectivity index (χ4v) is 13.0. The van der Waals surface area contributed by atoms with E-state index < -0.39 is 6.75 Å². The van der Waals surface area contributed by atoms with Crippen molar-refractivity contribution in [1.29, 1.82) is 0 Å². The van der Waals surface area contributed by atoms with Crippen LogP contribution in [0.1, 0.15) is 149 Å². The van der Waals surface area contributed by atoms with Crippen LogP contribution in [-0.4, -0.2) is 28.3 Å². The Morgan fingerprint density at radius 3 is 1.36 bits per heavy atom. The van der Waals surface area contributed by atoms with Crippen LogP contribution in [0.25, 0.3) is 0 Å². The number of carbonyl (C=O) groups excluding carboxylic acids is 1. The van der Waals surface area contributed by atoms with E-state index in [1.54, 1.807) is 0 Å². The molecule has 0 aliphatic carbocycles. The number of nitrogens with zero attached hydrogens (tertiary/aromatic N) is 1. The Labute approximate surface area is 226 Å². The average molecular weight is 520 g/mol. The molecule has 1 heterocycles. The molecule has 1 aromatic rings. The summed E-state index contributed by atoms with van der Waals surface area (Å²) < 4.78 is 2.53. The number of hydrogen-bond acceptors (Lipinski definition) is 1. The van der Waals surface area contributed by atoms with E-state index in [0.29, 0.717) is 11.9 Å². The summed E-state index contributed by atoms with van der Waals surface area (Å²) in [6, 6.07) is 4.35. The molecule has 0 spiro atoms. The van der Waals surface area contributed by atoms with Gasteiger partial charge in [0.25, 0.3) is 0 Å². The molecule has 0 saturated heterocycles. The molecule has 0 N–H and O–H groups in total. The number of aromatic nitrogens is 1. The summed E-state index contributed by atoms with van der Waals surface area (Å²) in [6.07, 6.45) is 34.8. The Hall–Kier alpha value is -0.880. The van der Waals surface area contributed by atoms with E-state index in [1.807, 2.05) is 6.08 Å². The van der Waals surface area contributed by atoms with E-state index in [4.69, 9.17) is 0 Å². The molecule has 0 amide bonds. The molecule has 1 rings (SSSR count). The molecule has 1 aromatic heterocycles. The van der Waals surface area contributed by atoms with Crippen LogP contribution in [0, 0.1) is 0 Å². The number of unbranched alkanes of at least 4 members (excludes halogenated alkanes) is 15. The number of carbonyl (C=O) groups is 1. The average Bonchev–Trinajstić information content (AvgIpc) is 3.44. The molecule has 0 fully saturated rings. The van der Waals surface area contributed by atoms with E-state index in [2.05, 4.69) is 56.2 Å². The van der Waals surface area contributed by atoms with Crippen LogP contribution in [-0.2, 0) is 4.79 Å². The third-order valence-corrected chi connectivity index (χ3v) is 15.6. The zero-order valence-corrected chi connectivity index (χ0v) is 25.6. The van der Waals surface area contributed by atoms with Gasteiger partial charge in [0.2, 0.25) is 0 Å². The standard InChI is InChI=1S/C33H62NOP/c1-5-9-13-16-19-24-30-36(33(35)27-12-8-4,34-28-22-23-29-34,31-25-20-17-14-10-6-2)32-26-21-18-15-11-7-3/h8,22-23,28-29H,4-7,9-21,24-27,30-32H2,1-3H3. The van der Waals surface area contributed by atoms with Crippen LogP contribution in [0.4, 0.5) is 0 Å². The maximum atomic E-state index is 14.5. The first kappa shape index (κ1) is 33.1. The van der Waals surface area contributed by atoms with Gasteiger partial charge in [-0.25, -0.2) is 0 Å². The third kappa shape index (κ3) is 10.8.